The van der Waals surface area contributed by atoms with Crippen LogP contribution in [0.2, 0.25) is 0 Å². The number of aryl methyl sites for hydroxylation is 2. The maximum absolute atomic E-state index is 12.2. The summed E-state index contributed by atoms with van der Waals surface area (Å²) in [4.78, 5) is 37.2. The predicted octanol–water partition coefficient (Wildman–Crippen LogP) is 2.55. The minimum absolute atomic E-state index is 0.116. The quantitative estimate of drug-likeness (QED) is 0.756. The van der Waals surface area contributed by atoms with Gasteiger partial charge in [0, 0.05) is 12.7 Å². The zero-order valence-electron chi connectivity index (χ0n) is 15.1. The molecule has 1 aromatic carbocycles. The highest BCUT2D eigenvalue weighted by molar-refractivity contribution is 7.08. The van der Waals surface area contributed by atoms with E-state index in [2.05, 4.69) is 5.32 Å². The van der Waals surface area contributed by atoms with E-state index in [1.165, 1.54) is 23.3 Å². The van der Waals surface area contributed by atoms with E-state index < -0.39 is 11.9 Å². The number of para-hydroxylation sites is 1. The van der Waals surface area contributed by atoms with Crippen molar-refractivity contribution in [3.8, 4) is 0 Å². The van der Waals surface area contributed by atoms with Gasteiger partial charge in [-0.3, -0.25) is 14.4 Å². The normalized spacial score (nSPS) is 10.3. The molecule has 0 spiro atoms. The SMILES string of the molecule is Cc1cccc(C)c1NC(=O)CN(C)C(=O)COC(=O)Cc1ccsc1. The highest BCUT2D eigenvalue weighted by atomic mass is 32.1. The van der Waals surface area contributed by atoms with Crippen molar-refractivity contribution in [3.63, 3.8) is 0 Å². The van der Waals surface area contributed by atoms with Gasteiger partial charge in [0.1, 0.15) is 0 Å². The van der Waals surface area contributed by atoms with Gasteiger partial charge in [0.05, 0.1) is 13.0 Å². The number of ether oxygens (including phenoxy) is 1. The predicted molar refractivity (Wildman–Crippen MR) is 101 cm³/mol. The Morgan fingerprint density at radius 1 is 1.15 bits per heavy atom. The van der Waals surface area contributed by atoms with Crippen LogP contribution >= 0.6 is 11.3 Å². The molecule has 138 valence electrons. The molecule has 0 aliphatic carbocycles. The van der Waals surface area contributed by atoms with E-state index in [-0.39, 0.29) is 25.5 Å². The van der Waals surface area contributed by atoms with Gasteiger partial charge in [-0.2, -0.15) is 11.3 Å². The van der Waals surface area contributed by atoms with Gasteiger partial charge in [0.2, 0.25) is 5.91 Å². The number of carbonyl (C=O) groups excluding carboxylic acids is 3. The number of hydrogen-bond acceptors (Lipinski definition) is 5. The molecule has 0 saturated heterocycles. The Morgan fingerprint density at radius 3 is 2.46 bits per heavy atom. The lowest BCUT2D eigenvalue weighted by atomic mass is 10.1. The zero-order chi connectivity index (χ0) is 19.1. The van der Waals surface area contributed by atoms with Crippen LogP contribution in [0, 0.1) is 13.8 Å². The van der Waals surface area contributed by atoms with E-state index in [0.717, 1.165) is 22.4 Å². The molecule has 0 fully saturated rings. The summed E-state index contributed by atoms with van der Waals surface area (Å²) in [7, 11) is 1.50. The minimum atomic E-state index is -0.467. The Hall–Kier alpha value is -2.67. The summed E-state index contributed by atoms with van der Waals surface area (Å²) in [6.07, 6.45) is 0.132. The fourth-order valence-electron chi connectivity index (χ4n) is 2.36. The summed E-state index contributed by atoms with van der Waals surface area (Å²) in [6, 6.07) is 7.56. The minimum Gasteiger partial charge on any atom is -0.455 e. The Labute approximate surface area is 156 Å². The van der Waals surface area contributed by atoms with Crippen molar-refractivity contribution in [1.82, 2.24) is 4.90 Å². The molecule has 0 radical (unpaired) electrons. The van der Waals surface area contributed by atoms with Crippen LogP contribution in [0.3, 0.4) is 0 Å². The molecule has 0 bridgehead atoms. The molecule has 0 atom stereocenters. The second-order valence-corrected chi connectivity index (χ2v) is 6.81. The molecule has 6 nitrogen and oxygen atoms in total. The number of likely N-dealkylation sites (N-methyl/N-ethyl adjacent to an activating group) is 1. The first-order valence-electron chi connectivity index (χ1n) is 8.13. The standard InChI is InChI=1S/C19H22N2O4S/c1-13-5-4-6-14(2)19(13)20-16(22)10-21(3)17(23)11-25-18(24)9-15-7-8-26-12-15/h4-8,12H,9-11H2,1-3H3,(H,20,22). The lowest BCUT2D eigenvalue weighted by Gasteiger charge is -2.18. The average Bonchev–Trinajstić information content (AvgIpc) is 3.09. The van der Waals surface area contributed by atoms with Gasteiger partial charge in [-0.25, -0.2) is 0 Å². The number of benzene rings is 1. The lowest BCUT2D eigenvalue weighted by Crippen LogP contribution is -2.37. The number of nitrogens with one attached hydrogen (secondary N) is 1. The topological polar surface area (TPSA) is 75.7 Å². The van der Waals surface area contributed by atoms with Gasteiger partial charge < -0.3 is 15.0 Å². The fourth-order valence-corrected chi connectivity index (χ4v) is 3.03. The van der Waals surface area contributed by atoms with Gasteiger partial charge in [-0.1, -0.05) is 18.2 Å². The molecule has 1 N–H and O–H groups in total. The molecule has 1 aromatic heterocycles. The van der Waals surface area contributed by atoms with Crippen LogP contribution in [0.25, 0.3) is 0 Å². The number of carbonyl (C=O) groups is 3. The van der Waals surface area contributed by atoms with E-state index in [9.17, 15) is 14.4 Å². The van der Waals surface area contributed by atoms with E-state index >= 15 is 0 Å². The molecule has 0 unspecified atom stereocenters. The maximum atomic E-state index is 12.2. The monoisotopic (exact) mass is 374 g/mol. The number of nitrogens with zero attached hydrogens (tertiary/aromatic N) is 1. The van der Waals surface area contributed by atoms with E-state index in [1.807, 2.05) is 48.9 Å². The molecular weight excluding hydrogens is 352 g/mol. The fraction of sp³-hybridized carbons (Fsp3) is 0.316. The first kappa shape index (κ1) is 19.7. The maximum Gasteiger partial charge on any atom is 0.310 e. The van der Waals surface area contributed by atoms with Gasteiger partial charge in [0.15, 0.2) is 6.61 Å². The van der Waals surface area contributed by atoms with Crippen molar-refractivity contribution < 1.29 is 19.1 Å². The highest BCUT2D eigenvalue weighted by Crippen LogP contribution is 2.19. The third-order valence-corrected chi connectivity index (χ3v) is 4.57. The first-order chi connectivity index (χ1) is 12.4. The van der Waals surface area contributed by atoms with E-state index in [0.29, 0.717) is 0 Å². The summed E-state index contributed by atoms with van der Waals surface area (Å²) in [5.41, 5.74) is 3.51. The number of esters is 1. The van der Waals surface area contributed by atoms with Crippen LogP contribution in [0.1, 0.15) is 16.7 Å². The summed E-state index contributed by atoms with van der Waals surface area (Å²) in [5.74, 6) is -1.20. The molecule has 26 heavy (non-hydrogen) atoms. The molecule has 0 aliphatic heterocycles. The number of thiophene rings is 1. The Bertz CT molecular complexity index is 767. The number of rotatable bonds is 7. The zero-order valence-corrected chi connectivity index (χ0v) is 15.9. The Morgan fingerprint density at radius 2 is 1.85 bits per heavy atom. The van der Waals surface area contributed by atoms with Gasteiger partial charge in [-0.05, 0) is 47.4 Å². The van der Waals surface area contributed by atoms with Crippen molar-refractivity contribution in [2.24, 2.45) is 0 Å². The lowest BCUT2D eigenvalue weighted by molar-refractivity contribution is -0.151. The Balaban J connectivity index is 1.79. The summed E-state index contributed by atoms with van der Waals surface area (Å²) in [6.45, 7) is 3.32. The first-order valence-corrected chi connectivity index (χ1v) is 9.08. The average molecular weight is 374 g/mol. The number of hydrogen-bond donors (Lipinski definition) is 1. The molecule has 2 amide bonds. The van der Waals surface area contributed by atoms with Crippen LogP contribution in [0.4, 0.5) is 5.69 Å². The van der Waals surface area contributed by atoms with Gasteiger partial charge >= 0.3 is 5.97 Å². The molecule has 7 heteroatoms. The third kappa shape index (κ3) is 5.70. The Kier molecular flexibility index (Phi) is 6.91. The molecular formula is C19H22N2O4S. The number of anilines is 1. The smallest absolute Gasteiger partial charge is 0.310 e. The largest absolute Gasteiger partial charge is 0.455 e. The van der Waals surface area contributed by atoms with Gasteiger partial charge in [0.25, 0.3) is 5.91 Å². The number of amides is 2. The van der Waals surface area contributed by atoms with Crippen molar-refractivity contribution in [2.45, 2.75) is 20.3 Å². The highest BCUT2D eigenvalue weighted by Gasteiger charge is 2.16. The van der Waals surface area contributed by atoms with Gasteiger partial charge in [-0.15, -0.1) is 0 Å². The van der Waals surface area contributed by atoms with Crippen LogP contribution < -0.4 is 5.32 Å². The van der Waals surface area contributed by atoms with Crippen molar-refractivity contribution in [2.75, 3.05) is 25.5 Å². The molecule has 0 aliphatic rings. The summed E-state index contributed by atoms with van der Waals surface area (Å²) >= 11 is 1.49. The van der Waals surface area contributed by atoms with Crippen molar-refractivity contribution >= 4 is 34.8 Å². The third-order valence-electron chi connectivity index (χ3n) is 3.84. The van der Waals surface area contributed by atoms with Crippen molar-refractivity contribution in [3.05, 3.63) is 51.7 Å². The molecule has 1 heterocycles. The molecule has 2 rings (SSSR count). The summed E-state index contributed by atoms with van der Waals surface area (Å²) < 4.78 is 4.98. The van der Waals surface area contributed by atoms with Crippen LogP contribution in [-0.4, -0.2) is 42.9 Å². The van der Waals surface area contributed by atoms with Crippen LogP contribution in [-0.2, 0) is 25.5 Å². The summed E-state index contributed by atoms with van der Waals surface area (Å²) in [5, 5.41) is 6.55. The van der Waals surface area contributed by atoms with Crippen LogP contribution in [0.5, 0.6) is 0 Å². The van der Waals surface area contributed by atoms with Crippen LogP contribution in [0.15, 0.2) is 35.0 Å². The molecule has 0 saturated carbocycles. The second kappa shape index (κ2) is 9.15. The van der Waals surface area contributed by atoms with E-state index in [1.54, 1.807) is 0 Å². The second-order valence-electron chi connectivity index (χ2n) is 6.03. The van der Waals surface area contributed by atoms with Crippen molar-refractivity contribution in [1.29, 1.82) is 0 Å². The van der Waals surface area contributed by atoms with E-state index in [4.69, 9.17) is 4.74 Å². The molecule has 2 aromatic rings.